The van der Waals surface area contributed by atoms with Crippen LogP contribution in [0.25, 0.3) is 0 Å². The number of carbonyl (C=O) groups is 1. The van der Waals surface area contributed by atoms with Crippen molar-refractivity contribution in [3.05, 3.63) is 10.6 Å². The van der Waals surface area contributed by atoms with E-state index in [0.717, 1.165) is 43.7 Å². The summed E-state index contributed by atoms with van der Waals surface area (Å²) in [4.78, 5) is 17.9. The fourth-order valence-electron chi connectivity index (χ4n) is 3.14. The van der Waals surface area contributed by atoms with Crippen molar-refractivity contribution in [1.29, 1.82) is 0 Å². The van der Waals surface area contributed by atoms with Crippen LogP contribution in [0.1, 0.15) is 55.5 Å². The molecule has 2 aliphatic carbocycles. The molecular weight excluding hydrogens is 258 g/mol. The highest BCUT2D eigenvalue weighted by atomic mass is 32.1. The molecule has 0 aromatic carbocycles. The third-order valence-corrected chi connectivity index (χ3v) is 5.28. The van der Waals surface area contributed by atoms with Crippen LogP contribution in [0.3, 0.4) is 0 Å². The first kappa shape index (κ1) is 13.1. The molecule has 3 rings (SSSR count). The standard InChI is InChI=1S/C14H21N3OS/c15-14(7-3-4-8-14)9-12(18)17-13-16-10-5-1-2-6-11(10)19-13/h1-9,15H2,(H,16,17,18). The summed E-state index contributed by atoms with van der Waals surface area (Å²) in [6.45, 7) is 0. The second kappa shape index (κ2) is 5.21. The largest absolute Gasteiger partial charge is 0.325 e. The average Bonchev–Trinajstić information content (AvgIpc) is 2.94. The molecule has 4 nitrogen and oxygen atoms in total. The number of fused-ring (bicyclic) bond motifs is 1. The first-order valence-corrected chi connectivity index (χ1v) is 8.04. The van der Waals surface area contributed by atoms with Gasteiger partial charge in [0.15, 0.2) is 5.13 Å². The molecule has 0 bridgehead atoms. The van der Waals surface area contributed by atoms with E-state index in [1.807, 2.05) is 0 Å². The predicted octanol–water partition coefficient (Wildman–Crippen LogP) is 2.62. The fraction of sp³-hybridized carbons (Fsp3) is 0.714. The maximum absolute atomic E-state index is 12.1. The smallest absolute Gasteiger partial charge is 0.228 e. The molecule has 0 aliphatic heterocycles. The number of rotatable bonds is 3. The highest BCUT2D eigenvalue weighted by Crippen LogP contribution is 2.32. The topological polar surface area (TPSA) is 68.0 Å². The highest BCUT2D eigenvalue weighted by Gasteiger charge is 2.32. The Morgan fingerprint density at radius 1 is 1.26 bits per heavy atom. The molecule has 104 valence electrons. The number of amides is 1. The molecule has 1 aromatic heterocycles. The van der Waals surface area contributed by atoms with E-state index in [4.69, 9.17) is 5.73 Å². The van der Waals surface area contributed by atoms with Crippen LogP contribution in [0.2, 0.25) is 0 Å². The molecule has 1 heterocycles. The van der Waals surface area contributed by atoms with Crippen molar-refractivity contribution in [3.63, 3.8) is 0 Å². The molecule has 0 unspecified atom stereocenters. The lowest BCUT2D eigenvalue weighted by molar-refractivity contribution is -0.117. The van der Waals surface area contributed by atoms with Crippen molar-refractivity contribution in [1.82, 2.24) is 4.98 Å². The minimum atomic E-state index is -0.277. The van der Waals surface area contributed by atoms with Gasteiger partial charge in [-0.15, -0.1) is 11.3 Å². The van der Waals surface area contributed by atoms with Gasteiger partial charge < -0.3 is 11.1 Å². The van der Waals surface area contributed by atoms with E-state index in [2.05, 4.69) is 10.3 Å². The monoisotopic (exact) mass is 279 g/mol. The summed E-state index contributed by atoms with van der Waals surface area (Å²) >= 11 is 1.64. The van der Waals surface area contributed by atoms with Gasteiger partial charge in [-0.05, 0) is 38.5 Å². The van der Waals surface area contributed by atoms with Gasteiger partial charge in [0.1, 0.15) is 0 Å². The van der Waals surface area contributed by atoms with Gasteiger partial charge in [0.2, 0.25) is 5.91 Å². The summed E-state index contributed by atoms with van der Waals surface area (Å²) in [5, 5.41) is 3.70. The average molecular weight is 279 g/mol. The van der Waals surface area contributed by atoms with Crippen LogP contribution in [-0.4, -0.2) is 16.4 Å². The molecule has 1 fully saturated rings. The maximum Gasteiger partial charge on any atom is 0.228 e. The minimum absolute atomic E-state index is 0.0236. The van der Waals surface area contributed by atoms with E-state index < -0.39 is 0 Å². The Kier molecular flexibility index (Phi) is 3.58. The number of anilines is 1. The molecular formula is C14H21N3OS. The minimum Gasteiger partial charge on any atom is -0.325 e. The molecule has 3 N–H and O–H groups in total. The lowest BCUT2D eigenvalue weighted by Crippen LogP contribution is -2.40. The van der Waals surface area contributed by atoms with Gasteiger partial charge >= 0.3 is 0 Å². The first-order chi connectivity index (χ1) is 9.15. The lowest BCUT2D eigenvalue weighted by Gasteiger charge is -2.22. The zero-order valence-electron chi connectivity index (χ0n) is 11.2. The van der Waals surface area contributed by atoms with E-state index in [1.54, 1.807) is 11.3 Å². The summed E-state index contributed by atoms with van der Waals surface area (Å²) in [6.07, 6.45) is 9.29. The van der Waals surface area contributed by atoms with Crippen molar-refractivity contribution in [3.8, 4) is 0 Å². The van der Waals surface area contributed by atoms with Crippen molar-refractivity contribution in [2.75, 3.05) is 5.32 Å². The van der Waals surface area contributed by atoms with E-state index in [1.165, 1.54) is 23.4 Å². The molecule has 2 aliphatic rings. The van der Waals surface area contributed by atoms with Gasteiger partial charge in [0, 0.05) is 16.8 Å². The number of hydrogen-bond donors (Lipinski definition) is 2. The molecule has 1 amide bonds. The number of aromatic nitrogens is 1. The molecule has 0 atom stereocenters. The molecule has 1 saturated carbocycles. The maximum atomic E-state index is 12.1. The third-order valence-electron chi connectivity index (χ3n) is 4.20. The summed E-state index contributed by atoms with van der Waals surface area (Å²) in [6, 6.07) is 0. The van der Waals surface area contributed by atoms with Crippen LogP contribution in [0.5, 0.6) is 0 Å². The second-order valence-electron chi connectivity index (χ2n) is 5.89. The van der Waals surface area contributed by atoms with Crippen LogP contribution in [-0.2, 0) is 17.6 Å². The Morgan fingerprint density at radius 3 is 2.74 bits per heavy atom. The predicted molar refractivity (Wildman–Crippen MR) is 77.4 cm³/mol. The normalized spacial score (nSPS) is 21.1. The fourth-order valence-corrected chi connectivity index (χ4v) is 4.21. The zero-order chi connectivity index (χ0) is 13.3. The lowest BCUT2D eigenvalue weighted by atomic mass is 9.94. The van der Waals surface area contributed by atoms with Gasteiger partial charge in [-0.1, -0.05) is 12.8 Å². The third kappa shape index (κ3) is 2.98. The van der Waals surface area contributed by atoms with Gasteiger partial charge in [0.05, 0.1) is 5.69 Å². The number of thiazole rings is 1. The SMILES string of the molecule is NC1(CC(=O)Nc2nc3c(s2)CCCC3)CCCC1. The number of nitrogens with two attached hydrogens (primary N) is 1. The van der Waals surface area contributed by atoms with E-state index in [-0.39, 0.29) is 11.4 Å². The highest BCUT2D eigenvalue weighted by molar-refractivity contribution is 7.15. The van der Waals surface area contributed by atoms with Crippen LogP contribution >= 0.6 is 11.3 Å². The number of nitrogens with zero attached hydrogens (tertiary/aromatic N) is 1. The first-order valence-electron chi connectivity index (χ1n) is 7.22. The van der Waals surface area contributed by atoms with Crippen LogP contribution in [0.4, 0.5) is 5.13 Å². The molecule has 0 radical (unpaired) electrons. The number of carbonyl (C=O) groups excluding carboxylic acids is 1. The van der Waals surface area contributed by atoms with Gasteiger partial charge in [0.25, 0.3) is 0 Å². The van der Waals surface area contributed by atoms with E-state index in [0.29, 0.717) is 6.42 Å². The molecule has 19 heavy (non-hydrogen) atoms. The molecule has 1 aromatic rings. The zero-order valence-corrected chi connectivity index (χ0v) is 12.0. The van der Waals surface area contributed by atoms with Crippen molar-refractivity contribution < 1.29 is 4.79 Å². The van der Waals surface area contributed by atoms with E-state index >= 15 is 0 Å². The Hall–Kier alpha value is -0.940. The van der Waals surface area contributed by atoms with Crippen molar-refractivity contribution >= 4 is 22.4 Å². The molecule has 0 saturated heterocycles. The Morgan fingerprint density at radius 2 is 2.00 bits per heavy atom. The molecule has 5 heteroatoms. The van der Waals surface area contributed by atoms with Gasteiger partial charge in [-0.2, -0.15) is 0 Å². The van der Waals surface area contributed by atoms with Crippen LogP contribution < -0.4 is 11.1 Å². The Balaban J connectivity index is 1.61. The summed E-state index contributed by atoms with van der Waals surface area (Å²) in [7, 11) is 0. The van der Waals surface area contributed by atoms with Crippen LogP contribution in [0.15, 0.2) is 0 Å². The quantitative estimate of drug-likeness (QED) is 0.893. The summed E-state index contributed by atoms with van der Waals surface area (Å²) < 4.78 is 0. The number of hydrogen-bond acceptors (Lipinski definition) is 4. The van der Waals surface area contributed by atoms with Gasteiger partial charge in [-0.3, -0.25) is 4.79 Å². The van der Waals surface area contributed by atoms with Crippen LogP contribution in [0, 0.1) is 0 Å². The summed E-state index contributed by atoms with van der Waals surface area (Å²) in [5.74, 6) is 0.0236. The molecule has 0 spiro atoms. The van der Waals surface area contributed by atoms with Gasteiger partial charge in [-0.25, -0.2) is 4.98 Å². The Bertz CT molecular complexity index is 454. The Labute approximate surface area is 117 Å². The number of nitrogens with one attached hydrogen (secondary N) is 1. The van der Waals surface area contributed by atoms with Crippen molar-refractivity contribution in [2.24, 2.45) is 5.73 Å². The van der Waals surface area contributed by atoms with Crippen molar-refractivity contribution in [2.45, 2.75) is 63.3 Å². The van der Waals surface area contributed by atoms with E-state index in [9.17, 15) is 4.79 Å². The number of aryl methyl sites for hydroxylation is 2. The summed E-state index contributed by atoms with van der Waals surface area (Å²) in [5.41, 5.74) is 7.15. The second-order valence-corrected chi connectivity index (χ2v) is 6.97.